The number of amides is 1. The summed E-state index contributed by atoms with van der Waals surface area (Å²) in [6.45, 7) is 2.53. The second-order valence-corrected chi connectivity index (χ2v) is 4.62. The predicted octanol–water partition coefficient (Wildman–Crippen LogP) is 0.827. The summed E-state index contributed by atoms with van der Waals surface area (Å²) in [6, 6.07) is 3.92. The minimum atomic E-state index is -0.353. The van der Waals surface area contributed by atoms with Gasteiger partial charge in [-0.3, -0.25) is 4.79 Å². The first kappa shape index (κ1) is 12.7. The largest absolute Gasteiger partial charge is 0.508 e. The van der Waals surface area contributed by atoms with Crippen molar-refractivity contribution in [3.8, 4) is 11.5 Å². The molecule has 4 N–H and O–H groups in total. The molecule has 1 fully saturated rings. The molecule has 1 heterocycles. The zero-order valence-electron chi connectivity index (χ0n) is 10.1. The Morgan fingerprint density at radius 3 is 3.00 bits per heavy atom. The molecule has 1 aromatic carbocycles. The Morgan fingerprint density at radius 1 is 1.44 bits per heavy atom. The maximum atomic E-state index is 11.9. The van der Waals surface area contributed by atoms with Gasteiger partial charge in [-0.15, -0.1) is 0 Å². The standard InChI is InChI=1S/C13H18N2O3/c16-10-3-4-12(17)11(6-10)13(18)15-8-9-2-1-5-14-7-9/h3-4,6,9,14,16-17H,1-2,5,7-8H2,(H,15,18). The van der Waals surface area contributed by atoms with Crippen LogP contribution in [0.2, 0.25) is 0 Å². The Balaban J connectivity index is 1.92. The quantitative estimate of drug-likeness (QED) is 0.599. The topological polar surface area (TPSA) is 81.6 Å². The summed E-state index contributed by atoms with van der Waals surface area (Å²) in [5.41, 5.74) is 0.110. The molecular weight excluding hydrogens is 232 g/mol. The van der Waals surface area contributed by atoms with Crippen molar-refractivity contribution in [2.45, 2.75) is 12.8 Å². The van der Waals surface area contributed by atoms with Crippen LogP contribution in [0.4, 0.5) is 0 Å². The van der Waals surface area contributed by atoms with E-state index in [1.165, 1.54) is 18.2 Å². The fraction of sp³-hybridized carbons (Fsp3) is 0.462. The fourth-order valence-electron chi connectivity index (χ4n) is 2.14. The molecule has 1 saturated heterocycles. The number of hydrogen-bond acceptors (Lipinski definition) is 4. The molecule has 1 atom stereocenters. The van der Waals surface area contributed by atoms with Gasteiger partial charge in [-0.2, -0.15) is 0 Å². The third-order valence-electron chi connectivity index (χ3n) is 3.17. The monoisotopic (exact) mass is 250 g/mol. The van der Waals surface area contributed by atoms with E-state index in [0.717, 1.165) is 25.9 Å². The molecule has 1 amide bonds. The molecule has 0 spiro atoms. The number of nitrogens with one attached hydrogen (secondary N) is 2. The van der Waals surface area contributed by atoms with Gasteiger partial charge < -0.3 is 20.8 Å². The highest BCUT2D eigenvalue weighted by Gasteiger charge is 2.16. The van der Waals surface area contributed by atoms with E-state index in [9.17, 15) is 15.0 Å². The number of piperidine rings is 1. The highest BCUT2D eigenvalue weighted by Crippen LogP contribution is 2.21. The molecule has 0 saturated carbocycles. The highest BCUT2D eigenvalue weighted by molar-refractivity contribution is 5.97. The van der Waals surface area contributed by atoms with Crippen molar-refractivity contribution >= 4 is 5.91 Å². The maximum absolute atomic E-state index is 11.9. The average molecular weight is 250 g/mol. The van der Waals surface area contributed by atoms with Gasteiger partial charge in [-0.05, 0) is 50.0 Å². The van der Waals surface area contributed by atoms with Gasteiger partial charge >= 0.3 is 0 Å². The Hall–Kier alpha value is -1.75. The summed E-state index contributed by atoms with van der Waals surface area (Å²) in [4.78, 5) is 11.9. The van der Waals surface area contributed by atoms with Crippen molar-refractivity contribution < 1.29 is 15.0 Å². The number of phenols is 2. The molecule has 1 aliphatic heterocycles. The van der Waals surface area contributed by atoms with Crippen LogP contribution in [0.5, 0.6) is 11.5 Å². The van der Waals surface area contributed by atoms with Gasteiger partial charge in [0.05, 0.1) is 5.56 Å². The van der Waals surface area contributed by atoms with Crippen molar-refractivity contribution in [3.05, 3.63) is 23.8 Å². The van der Waals surface area contributed by atoms with Crippen LogP contribution in [-0.4, -0.2) is 35.8 Å². The van der Waals surface area contributed by atoms with Gasteiger partial charge in [0.15, 0.2) is 0 Å². The molecular formula is C13H18N2O3. The molecule has 5 heteroatoms. The molecule has 0 aromatic heterocycles. The van der Waals surface area contributed by atoms with Crippen LogP contribution in [0.25, 0.3) is 0 Å². The van der Waals surface area contributed by atoms with Gasteiger partial charge in [0.2, 0.25) is 0 Å². The van der Waals surface area contributed by atoms with E-state index >= 15 is 0 Å². The molecule has 2 rings (SSSR count). The number of carbonyl (C=O) groups excluding carboxylic acids is 1. The van der Waals surface area contributed by atoms with Gasteiger partial charge in [-0.1, -0.05) is 0 Å². The smallest absolute Gasteiger partial charge is 0.255 e. The molecule has 0 aliphatic carbocycles. The van der Waals surface area contributed by atoms with Crippen molar-refractivity contribution in [1.82, 2.24) is 10.6 Å². The Morgan fingerprint density at radius 2 is 2.28 bits per heavy atom. The number of rotatable bonds is 3. The van der Waals surface area contributed by atoms with Gasteiger partial charge in [0, 0.05) is 6.54 Å². The molecule has 0 radical (unpaired) electrons. The van der Waals surface area contributed by atoms with Crippen LogP contribution in [0.15, 0.2) is 18.2 Å². The van der Waals surface area contributed by atoms with E-state index in [1.54, 1.807) is 0 Å². The first-order chi connectivity index (χ1) is 8.66. The molecule has 98 valence electrons. The average Bonchev–Trinajstić information content (AvgIpc) is 2.40. The molecule has 0 bridgehead atoms. The lowest BCUT2D eigenvalue weighted by atomic mass is 9.99. The number of benzene rings is 1. The summed E-state index contributed by atoms with van der Waals surface area (Å²) in [6.07, 6.45) is 2.22. The van der Waals surface area contributed by atoms with Gasteiger partial charge in [0.25, 0.3) is 5.91 Å². The van der Waals surface area contributed by atoms with Gasteiger partial charge in [-0.25, -0.2) is 0 Å². The fourth-order valence-corrected chi connectivity index (χ4v) is 2.14. The number of phenolic OH excluding ortho intramolecular Hbond substituents is 2. The molecule has 1 unspecified atom stereocenters. The van der Waals surface area contributed by atoms with E-state index in [4.69, 9.17) is 0 Å². The van der Waals surface area contributed by atoms with Crippen LogP contribution in [0.1, 0.15) is 23.2 Å². The van der Waals surface area contributed by atoms with E-state index < -0.39 is 0 Å². The molecule has 1 aliphatic rings. The summed E-state index contributed by atoms with van der Waals surface area (Å²) in [5, 5.41) is 24.9. The van der Waals surface area contributed by atoms with Crippen LogP contribution in [0.3, 0.4) is 0 Å². The van der Waals surface area contributed by atoms with Crippen molar-refractivity contribution in [3.63, 3.8) is 0 Å². The molecule has 5 nitrogen and oxygen atoms in total. The first-order valence-corrected chi connectivity index (χ1v) is 6.17. The zero-order chi connectivity index (χ0) is 13.0. The van der Waals surface area contributed by atoms with E-state index in [1.807, 2.05) is 0 Å². The summed E-state index contributed by atoms with van der Waals surface area (Å²) in [5.74, 6) is -0.0690. The van der Waals surface area contributed by atoms with E-state index in [-0.39, 0.29) is 23.0 Å². The normalized spacial score (nSPS) is 19.4. The van der Waals surface area contributed by atoms with Gasteiger partial charge in [0.1, 0.15) is 11.5 Å². The second kappa shape index (κ2) is 5.73. The van der Waals surface area contributed by atoms with Crippen LogP contribution < -0.4 is 10.6 Å². The lowest BCUT2D eigenvalue weighted by Gasteiger charge is -2.22. The SMILES string of the molecule is O=C(NCC1CCCNC1)c1cc(O)ccc1O. The predicted molar refractivity (Wildman–Crippen MR) is 67.7 cm³/mol. The lowest BCUT2D eigenvalue weighted by Crippen LogP contribution is -2.38. The summed E-state index contributed by atoms with van der Waals surface area (Å²) >= 11 is 0. The Labute approximate surface area is 106 Å². The third kappa shape index (κ3) is 3.13. The minimum Gasteiger partial charge on any atom is -0.508 e. The third-order valence-corrected chi connectivity index (χ3v) is 3.17. The van der Waals surface area contributed by atoms with Crippen molar-refractivity contribution in [2.24, 2.45) is 5.92 Å². The molecule has 18 heavy (non-hydrogen) atoms. The number of carbonyl (C=O) groups is 1. The van der Waals surface area contributed by atoms with E-state index in [0.29, 0.717) is 12.5 Å². The zero-order valence-corrected chi connectivity index (χ0v) is 10.1. The number of aromatic hydroxyl groups is 2. The van der Waals surface area contributed by atoms with Crippen LogP contribution in [0, 0.1) is 5.92 Å². The highest BCUT2D eigenvalue weighted by atomic mass is 16.3. The Kier molecular flexibility index (Phi) is 4.04. The molecule has 1 aromatic rings. The van der Waals surface area contributed by atoms with E-state index in [2.05, 4.69) is 10.6 Å². The summed E-state index contributed by atoms with van der Waals surface area (Å²) in [7, 11) is 0. The number of hydrogen-bond donors (Lipinski definition) is 4. The van der Waals surface area contributed by atoms with Crippen LogP contribution >= 0.6 is 0 Å². The second-order valence-electron chi connectivity index (χ2n) is 4.62. The van der Waals surface area contributed by atoms with Crippen molar-refractivity contribution in [2.75, 3.05) is 19.6 Å². The lowest BCUT2D eigenvalue weighted by molar-refractivity contribution is 0.0941. The Bertz CT molecular complexity index is 428. The first-order valence-electron chi connectivity index (χ1n) is 6.17. The minimum absolute atomic E-state index is 0.0303. The van der Waals surface area contributed by atoms with Crippen molar-refractivity contribution in [1.29, 1.82) is 0 Å². The maximum Gasteiger partial charge on any atom is 0.255 e. The summed E-state index contributed by atoms with van der Waals surface area (Å²) < 4.78 is 0. The van der Waals surface area contributed by atoms with Crippen LogP contribution in [-0.2, 0) is 0 Å².